The first-order chi connectivity index (χ1) is 16.2. The summed E-state index contributed by atoms with van der Waals surface area (Å²) in [6, 6.07) is 15.8. The highest BCUT2D eigenvalue weighted by Gasteiger charge is 2.48. The van der Waals surface area contributed by atoms with Crippen LogP contribution in [0.15, 0.2) is 48.5 Å². The number of hydrogen-bond acceptors (Lipinski definition) is 4. The van der Waals surface area contributed by atoms with E-state index in [4.69, 9.17) is 4.74 Å². The highest BCUT2D eigenvalue weighted by Crippen LogP contribution is 2.44. The third-order valence-electron chi connectivity index (χ3n) is 7.09. The van der Waals surface area contributed by atoms with E-state index in [-0.39, 0.29) is 30.8 Å². The van der Waals surface area contributed by atoms with Crippen LogP contribution in [0.1, 0.15) is 57.1 Å². The number of nitrogens with one attached hydrogen (secondary N) is 2. The SMILES string of the molecule is CC(C)C(CC(=O)NC(C)(C(=O)O)C1CC1)NC(=O)OCC1c2ccccc2-c2ccccc21. The van der Waals surface area contributed by atoms with E-state index in [1.807, 2.05) is 38.1 Å². The molecule has 0 aromatic heterocycles. The minimum Gasteiger partial charge on any atom is -0.480 e. The molecule has 1 saturated carbocycles. The number of carboxylic acid groups (broad SMARTS) is 1. The first-order valence-corrected chi connectivity index (χ1v) is 11.9. The van der Waals surface area contributed by atoms with Crippen molar-refractivity contribution in [2.75, 3.05) is 6.61 Å². The van der Waals surface area contributed by atoms with Gasteiger partial charge >= 0.3 is 12.1 Å². The van der Waals surface area contributed by atoms with Crippen LogP contribution in [0.5, 0.6) is 0 Å². The van der Waals surface area contributed by atoms with Gasteiger partial charge in [-0.05, 0) is 53.9 Å². The van der Waals surface area contributed by atoms with Gasteiger partial charge < -0.3 is 20.5 Å². The average molecular weight is 465 g/mol. The summed E-state index contributed by atoms with van der Waals surface area (Å²) in [6.45, 7) is 5.54. The van der Waals surface area contributed by atoms with E-state index in [9.17, 15) is 19.5 Å². The average Bonchev–Trinajstić information content (AvgIpc) is 3.61. The number of carboxylic acids is 1. The van der Waals surface area contributed by atoms with Crippen molar-refractivity contribution >= 4 is 18.0 Å². The van der Waals surface area contributed by atoms with E-state index in [1.54, 1.807) is 6.92 Å². The Morgan fingerprint density at radius 1 is 1.03 bits per heavy atom. The zero-order chi connectivity index (χ0) is 24.5. The van der Waals surface area contributed by atoms with Gasteiger partial charge in [0.05, 0.1) is 0 Å². The number of alkyl carbamates (subject to hydrolysis) is 1. The molecule has 7 nitrogen and oxygen atoms in total. The van der Waals surface area contributed by atoms with Gasteiger partial charge in [-0.3, -0.25) is 4.79 Å². The Morgan fingerprint density at radius 2 is 1.59 bits per heavy atom. The standard InChI is InChI=1S/C27H32N2O5/c1-16(2)23(14-24(30)29-27(3,25(31)32)17-12-13-17)28-26(33)34-15-22-20-10-6-4-8-18(20)19-9-5-7-11-21(19)22/h4-11,16-17,22-23H,12-15H2,1-3H3,(H,28,33)(H,29,30)(H,31,32). The number of aliphatic carboxylic acids is 1. The quantitative estimate of drug-likeness (QED) is 0.513. The molecule has 3 N–H and O–H groups in total. The lowest BCUT2D eigenvalue weighted by molar-refractivity contribution is -0.148. The zero-order valence-corrected chi connectivity index (χ0v) is 19.8. The molecule has 2 amide bonds. The zero-order valence-electron chi connectivity index (χ0n) is 19.8. The molecule has 2 unspecified atom stereocenters. The second-order valence-corrected chi connectivity index (χ2v) is 9.85. The van der Waals surface area contributed by atoms with Gasteiger partial charge in [-0.25, -0.2) is 9.59 Å². The van der Waals surface area contributed by atoms with Crippen LogP contribution in [0.4, 0.5) is 4.79 Å². The van der Waals surface area contributed by atoms with Crippen LogP contribution in [-0.2, 0) is 14.3 Å². The Bertz CT molecular complexity index is 1050. The van der Waals surface area contributed by atoms with Gasteiger partial charge in [0.15, 0.2) is 0 Å². The predicted octanol–water partition coefficient (Wildman–Crippen LogP) is 4.31. The number of carbonyl (C=O) groups excluding carboxylic acids is 2. The molecular formula is C27H32N2O5. The van der Waals surface area contributed by atoms with Crippen LogP contribution >= 0.6 is 0 Å². The van der Waals surface area contributed by atoms with E-state index in [1.165, 1.54) is 0 Å². The molecule has 4 rings (SSSR count). The molecule has 2 aliphatic rings. The van der Waals surface area contributed by atoms with Gasteiger partial charge in [-0.1, -0.05) is 62.4 Å². The first-order valence-electron chi connectivity index (χ1n) is 11.9. The number of carbonyl (C=O) groups is 3. The summed E-state index contributed by atoms with van der Waals surface area (Å²) in [7, 11) is 0. The van der Waals surface area contributed by atoms with Gasteiger partial charge in [0, 0.05) is 18.4 Å². The highest BCUT2D eigenvalue weighted by molar-refractivity contribution is 5.88. The van der Waals surface area contributed by atoms with E-state index >= 15 is 0 Å². The predicted molar refractivity (Wildman–Crippen MR) is 128 cm³/mol. The summed E-state index contributed by atoms with van der Waals surface area (Å²) in [5.41, 5.74) is 3.29. The molecule has 180 valence electrons. The largest absolute Gasteiger partial charge is 0.480 e. The highest BCUT2D eigenvalue weighted by atomic mass is 16.5. The van der Waals surface area contributed by atoms with Crippen molar-refractivity contribution < 1.29 is 24.2 Å². The van der Waals surface area contributed by atoms with Gasteiger partial charge in [-0.15, -0.1) is 0 Å². The summed E-state index contributed by atoms with van der Waals surface area (Å²) in [5.74, 6) is -1.57. The van der Waals surface area contributed by atoms with Gasteiger partial charge in [0.25, 0.3) is 0 Å². The van der Waals surface area contributed by atoms with Gasteiger partial charge in [-0.2, -0.15) is 0 Å². The van der Waals surface area contributed by atoms with Crippen molar-refractivity contribution in [1.82, 2.24) is 10.6 Å². The number of amides is 2. The summed E-state index contributed by atoms with van der Waals surface area (Å²) >= 11 is 0. The molecule has 0 aliphatic heterocycles. The van der Waals surface area contributed by atoms with Crippen LogP contribution in [-0.4, -0.2) is 41.3 Å². The van der Waals surface area contributed by atoms with Crippen molar-refractivity contribution in [3.8, 4) is 11.1 Å². The third kappa shape index (κ3) is 4.79. The molecule has 7 heteroatoms. The lowest BCUT2D eigenvalue weighted by Gasteiger charge is -2.28. The van der Waals surface area contributed by atoms with Crippen LogP contribution in [0.25, 0.3) is 11.1 Å². The normalized spacial score (nSPS) is 17.3. The van der Waals surface area contributed by atoms with E-state index < -0.39 is 29.6 Å². The maximum absolute atomic E-state index is 12.7. The molecule has 0 saturated heterocycles. The van der Waals surface area contributed by atoms with Crippen molar-refractivity contribution in [2.24, 2.45) is 11.8 Å². The fourth-order valence-corrected chi connectivity index (χ4v) is 4.78. The molecule has 2 aliphatic carbocycles. The van der Waals surface area contributed by atoms with Gasteiger partial charge in [0.1, 0.15) is 12.1 Å². The summed E-state index contributed by atoms with van der Waals surface area (Å²) in [5, 5.41) is 15.1. The number of rotatable bonds is 9. The minimum atomic E-state index is -1.28. The molecule has 0 radical (unpaired) electrons. The first kappa shape index (κ1) is 23.8. The van der Waals surface area contributed by atoms with Crippen LogP contribution in [0, 0.1) is 11.8 Å². The molecule has 0 spiro atoms. The number of fused-ring (bicyclic) bond motifs is 3. The molecule has 2 aromatic rings. The molecule has 1 fully saturated rings. The third-order valence-corrected chi connectivity index (χ3v) is 7.09. The van der Waals surface area contributed by atoms with Crippen LogP contribution in [0.2, 0.25) is 0 Å². The minimum absolute atomic E-state index is 0.0164. The summed E-state index contributed by atoms with van der Waals surface area (Å²) in [4.78, 5) is 37.1. The lowest BCUT2D eigenvalue weighted by Crippen LogP contribution is -2.55. The van der Waals surface area contributed by atoms with Crippen molar-refractivity contribution in [2.45, 2.75) is 57.5 Å². The lowest BCUT2D eigenvalue weighted by atomic mass is 9.94. The van der Waals surface area contributed by atoms with Crippen molar-refractivity contribution in [3.05, 3.63) is 59.7 Å². The molecule has 2 aromatic carbocycles. The van der Waals surface area contributed by atoms with E-state index in [0.717, 1.165) is 35.1 Å². The number of benzene rings is 2. The van der Waals surface area contributed by atoms with E-state index in [2.05, 4.69) is 34.9 Å². The Labute approximate surface area is 199 Å². The topological polar surface area (TPSA) is 105 Å². The fourth-order valence-electron chi connectivity index (χ4n) is 4.78. The summed E-state index contributed by atoms with van der Waals surface area (Å²) < 4.78 is 5.61. The van der Waals surface area contributed by atoms with Gasteiger partial charge in [0.2, 0.25) is 5.91 Å². The van der Waals surface area contributed by atoms with Crippen molar-refractivity contribution in [1.29, 1.82) is 0 Å². The molecule has 0 heterocycles. The van der Waals surface area contributed by atoms with Crippen LogP contribution < -0.4 is 10.6 Å². The fraction of sp³-hybridized carbons (Fsp3) is 0.444. The Kier molecular flexibility index (Phi) is 6.64. The molecular weight excluding hydrogens is 432 g/mol. The smallest absolute Gasteiger partial charge is 0.407 e. The maximum Gasteiger partial charge on any atom is 0.407 e. The number of hydrogen-bond donors (Lipinski definition) is 3. The maximum atomic E-state index is 12.7. The molecule has 34 heavy (non-hydrogen) atoms. The second-order valence-electron chi connectivity index (χ2n) is 9.85. The van der Waals surface area contributed by atoms with E-state index in [0.29, 0.717) is 0 Å². The summed E-state index contributed by atoms with van der Waals surface area (Å²) in [6.07, 6.45) is 0.970. The number of ether oxygens (including phenoxy) is 1. The second kappa shape index (κ2) is 9.49. The molecule has 2 atom stereocenters. The van der Waals surface area contributed by atoms with Crippen LogP contribution in [0.3, 0.4) is 0 Å². The Balaban J connectivity index is 1.37. The van der Waals surface area contributed by atoms with Crippen molar-refractivity contribution in [3.63, 3.8) is 0 Å². The Morgan fingerprint density at radius 3 is 2.09 bits per heavy atom. The Hall–Kier alpha value is -3.35. The molecule has 0 bridgehead atoms. The monoisotopic (exact) mass is 464 g/mol.